The Balaban J connectivity index is -0.00000000833. The SMILES string of the molecule is O=P(O)(O)OP.[Ca+2].[Ca+2].[H-].[H-].[H-].[H-]. The average Bonchev–Trinajstić information content (AvgIpc) is 1.35. The summed E-state index contributed by atoms with van der Waals surface area (Å²) in [6.07, 6.45) is 0. The Morgan fingerprint density at radius 1 is 1.50 bits per heavy atom. The van der Waals surface area contributed by atoms with Crippen LogP contribution in [-0.4, -0.2) is 85.3 Å². The second-order valence-electron chi connectivity index (χ2n) is 0.596. The molecule has 8 heavy (non-hydrogen) atoms. The molecule has 0 heterocycles. The molecule has 4 nitrogen and oxygen atoms in total. The quantitative estimate of drug-likeness (QED) is 0.459. The van der Waals surface area contributed by atoms with Crippen molar-refractivity contribution in [2.24, 2.45) is 0 Å². The summed E-state index contributed by atoms with van der Waals surface area (Å²) >= 11 is 0. The van der Waals surface area contributed by atoms with Crippen molar-refractivity contribution in [1.82, 2.24) is 0 Å². The monoisotopic (exact) mass is 214 g/mol. The van der Waals surface area contributed by atoms with Gasteiger partial charge in [-0.25, -0.2) is 4.57 Å². The molecule has 2 N–H and O–H groups in total. The van der Waals surface area contributed by atoms with Gasteiger partial charge in [0.2, 0.25) is 0 Å². The third-order valence-corrected chi connectivity index (χ3v) is 1.24. The molecule has 46 valence electrons. The maximum Gasteiger partial charge on any atom is 2.00 e. The van der Waals surface area contributed by atoms with Crippen LogP contribution < -0.4 is 0 Å². The van der Waals surface area contributed by atoms with Crippen LogP contribution >= 0.6 is 17.3 Å². The van der Waals surface area contributed by atoms with E-state index in [1.165, 1.54) is 9.47 Å². The van der Waals surface area contributed by atoms with Crippen molar-refractivity contribution in [2.45, 2.75) is 0 Å². The molecule has 0 aromatic rings. The zero-order valence-electron chi connectivity index (χ0n) is 8.15. The third-order valence-electron chi connectivity index (χ3n) is 0.137. The van der Waals surface area contributed by atoms with E-state index in [4.69, 9.17) is 9.79 Å². The van der Waals surface area contributed by atoms with Crippen molar-refractivity contribution in [3.63, 3.8) is 0 Å². The van der Waals surface area contributed by atoms with Crippen molar-refractivity contribution >= 4 is 92.8 Å². The summed E-state index contributed by atoms with van der Waals surface area (Å²) in [7, 11) is -2.72. The third kappa shape index (κ3) is 16.0. The molecule has 0 rings (SSSR count). The van der Waals surface area contributed by atoms with E-state index in [2.05, 4.69) is 4.31 Å². The van der Waals surface area contributed by atoms with Gasteiger partial charge in [0.25, 0.3) is 0 Å². The first-order valence-corrected chi connectivity index (χ1v) is 3.00. The molecule has 0 aliphatic carbocycles. The summed E-state index contributed by atoms with van der Waals surface area (Å²) in [5.74, 6) is 0. The van der Waals surface area contributed by atoms with Gasteiger partial charge in [-0.1, -0.05) is 0 Å². The molecule has 8 heteroatoms. The Bertz CT molecular complexity index is 87.1. The van der Waals surface area contributed by atoms with Crippen LogP contribution in [0.5, 0.6) is 0 Å². The topological polar surface area (TPSA) is 66.8 Å². The summed E-state index contributed by atoms with van der Waals surface area (Å²) in [6.45, 7) is 0. The van der Waals surface area contributed by atoms with Crippen LogP contribution in [0.1, 0.15) is 5.71 Å². The van der Waals surface area contributed by atoms with E-state index in [0.717, 1.165) is 0 Å². The summed E-state index contributed by atoms with van der Waals surface area (Å²) in [4.78, 5) is 15.4. The second-order valence-corrected chi connectivity index (χ2v) is 2.42. The summed E-state index contributed by atoms with van der Waals surface area (Å²) in [6, 6.07) is 0. The molecular formula is H8Ca2O4P2. The van der Waals surface area contributed by atoms with Gasteiger partial charge in [0.15, 0.2) is 0 Å². The molecule has 0 aliphatic heterocycles. The van der Waals surface area contributed by atoms with E-state index in [1.807, 2.05) is 0 Å². The van der Waals surface area contributed by atoms with E-state index < -0.39 is 7.82 Å². The van der Waals surface area contributed by atoms with Gasteiger partial charge in [-0.05, 0) is 0 Å². The molecule has 0 fully saturated rings. The normalized spacial score (nSPS) is 8.88. The fourth-order valence-corrected chi connectivity index (χ4v) is 0. The molecular weight excluding hydrogens is 206 g/mol. The zero-order valence-corrected chi connectivity index (χ0v) is 10.6. The van der Waals surface area contributed by atoms with Gasteiger partial charge < -0.3 is 15.5 Å². The molecule has 0 aromatic heterocycles. The van der Waals surface area contributed by atoms with Gasteiger partial charge in [-0.15, -0.1) is 0 Å². The fourth-order valence-electron chi connectivity index (χ4n) is 0. The van der Waals surface area contributed by atoms with Crippen LogP contribution in [0.25, 0.3) is 0 Å². The Morgan fingerprint density at radius 3 is 1.62 bits per heavy atom. The van der Waals surface area contributed by atoms with Crippen molar-refractivity contribution in [2.75, 3.05) is 0 Å². The Hall–Kier alpha value is 3.06. The van der Waals surface area contributed by atoms with Crippen molar-refractivity contribution in [3.05, 3.63) is 0 Å². The van der Waals surface area contributed by atoms with E-state index >= 15 is 0 Å². The predicted molar refractivity (Wildman–Crippen MR) is 38.8 cm³/mol. The van der Waals surface area contributed by atoms with Crippen LogP contribution in [0.3, 0.4) is 0 Å². The molecule has 0 spiro atoms. The van der Waals surface area contributed by atoms with Gasteiger partial charge in [0.05, 0.1) is 0 Å². The summed E-state index contributed by atoms with van der Waals surface area (Å²) in [5.41, 5.74) is 0. The maximum absolute atomic E-state index is 9.45. The van der Waals surface area contributed by atoms with Gasteiger partial charge in [-0.2, -0.15) is 0 Å². The molecule has 0 saturated heterocycles. The standard InChI is InChI=1S/2Ca.H4O4P2.4H/c;;1-6(2,3)4-5;;;;/h;;5H2,(H2,1,2,3);;;;/q2*+2;;4*-1. The molecule has 0 bridgehead atoms. The molecule has 0 radical (unpaired) electrons. The van der Waals surface area contributed by atoms with Gasteiger partial charge in [0.1, 0.15) is 0 Å². The minimum Gasteiger partial charge on any atom is -1.00 e. The molecule has 0 amide bonds. The number of rotatable bonds is 1. The first-order valence-electron chi connectivity index (χ1n) is 1.00. The Kier molecular flexibility index (Phi) is 17.6. The van der Waals surface area contributed by atoms with E-state index in [1.54, 1.807) is 0 Å². The molecule has 0 aromatic carbocycles. The second kappa shape index (κ2) is 8.16. The van der Waals surface area contributed by atoms with E-state index in [9.17, 15) is 4.57 Å². The molecule has 0 saturated carbocycles. The van der Waals surface area contributed by atoms with E-state index in [-0.39, 0.29) is 81.2 Å². The first-order chi connectivity index (χ1) is 2.56. The maximum atomic E-state index is 9.45. The van der Waals surface area contributed by atoms with Crippen LogP contribution in [0.2, 0.25) is 0 Å². The van der Waals surface area contributed by atoms with Gasteiger partial charge in [-0.3, -0.25) is 4.31 Å². The molecule has 1 atom stereocenters. The Labute approximate surface area is 115 Å². The van der Waals surface area contributed by atoms with Crippen LogP contribution in [0.15, 0.2) is 0 Å². The summed E-state index contributed by atoms with van der Waals surface area (Å²) < 4.78 is 13.0. The largest absolute Gasteiger partial charge is 2.00 e. The average molecular weight is 214 g/mol. The van der Waals surface area contributed by atoms with Crippen molar-refractivity contribution in [1.29, 1.82) is 0 Å². The van der Waals surface area contributed by atoms with E-state index in [0.29, 0.717) is 0 Å². The predicted octanol–water partition coefficient (Wildman–Crippen LogP) is -0.426. The smallest absolute Gasteiger partial charge is 1.00 e. The Morgan fingerprint density at radius 2 is 1.62 bits per heavy atom. The minimum atomic E-state index is -4.18. The van der Waals surface area contributed by atoms with Crippen molar-refractivity contribution in [3.8, 4) is 0 Å². The van der Waals surface area contributed by atoms with Crippen molar-refractivity contribution < 1.29 is 24.4 Å². The molecule has 1 unspecified atom stereocenters. The van der Waals surface area contributed by atoms with Gasteiger partial charge >= 0.3 is 83.3 Å². The zero-order chi connectivity index (χ0) is 5.21. The number of phosphoric acid groups is 1. The van der Waals surface area contributed by atoms with Gasteiger partial charge in [0, 0.05) is 9.47 Å². The summed E-state index contributed by atoms with van der Waals surface area (Å²) in [5, 5.41) is 0. The minimum absolute atomic E-state index is 0. The molecule has 0 aliphatic rings. The number of hydrogen-bond donors (Lipinski definition) is 2. The van der Waals surface area contributed by atoms with Crippen LogP contribution in [0.4, 0.5) is 0 Å². The van der Waals surface area contributed by atoms with Crippen LogP contribution in [-0.2, 0) is 8.88 Å². The van der Waals surface area contributed by atoms with Crippen LogP contribution in [0, 0.1) is 0 Å². The fraction of sp³-hybridized carbons (Fsp3) is 0. The number of hydrogen-bond acceptors (Lipinski definition) is 2. The first kappa shape index (κ1) is 17.2.